The standard InChI is InChI=1S/C24H14ClF2N5O3S/c25-17-5-7-19(32-36(34,35)16-3-1-2-15(26)9-16)23(27)22(17)24(33)13-4-6-18-20(8-13)31-21(12-28-18)14-10-29-30-11-14/h1-12,32H,(H,29,30). The summed E-state index contributed by atoms with van der Waals surface area (Å²) in [6.45, 7) is 0. The Balaban J connectivity index is 1.52. The minimum atomic E-state index is -4.34. The van der Waals surface area contributed by atoms with Crippen molar-refractivity contribution in [2.24, 2.45) is 0 Å². The number of hydrogen-bond acceptors (Lipinski definition) is 6. The van der Waals surface area contributed by atoms with Gasteiger partial charge in [-0.15, -0.1) is 0 Å². The first kappa shape index (κ1) is 23.5. The zero-order valence-corrected chi connectivity index (χ0v) is 19.6. The molecule has 0 fully saturated rings. The monoisotopic (exact) mass is 525 g/mol. The molecule has 0 saturated carbocycles. The number of carbonyl (C=O) groups excluding carboxylic acids is 1. The molecular formula is C24H14ClF2N5O3S. The van der Waals surface area contributed by atoms with Crippen LogP contribution in [-0.2, 0) is 10.0 Å². The van der Waals surface area contributed by atoms with Crippen molar-refractivity contribution in [2.45, 2.75) is 4.90 Å². The molecule has 0 radical (unpaired) electrons. The van der Waals surface area contributed by atoms with Crippen molar-refractivity contribution in [1.29, 1.82) is 0 Å². The predicted molar refractivity (Wildman–Crippen MR) is 129 cm³/mol. The molecule has 0 atom stereocenters. The SMILES string of the molecule is O=C(c1ccc2ncc(-c3cn[nH]c3)nc2c1)c1c(Cl)ccc(NS(=O)(=O)c2cccc(F)c2)c1F. The van der Waals surface area contributed by atoms with Gasteiger partial charge in [-0.1, -0.05) is 17.7 Å². The minimum Gasteiger partial charge on any atom is -0.288 e. The molecule has 2 heterocycles. The van der Waals surface area contributed by atoms with Gasteiger partial charge in [-0.25, -0.2) is 22.2 Å². The Morgan fingerprint density at radius 3 is 2.58 bits per heavy atom. The molecule has 12 heteroatoms. The maximum atomic E-state index is 15.4. The molecule has 3 aromatic carbocycles. The number of ketones is 1. The van der Waals surface area contributed by atoms with Gasteiger partial charge in [0.1, 0.15) is 5.82 Å². The fourth-order valence-electron chi connectivity index (χ4n) is 3.50. The number of aromatic amines is 1. The van der Waals surface area contributed by atoms with E-state index >= 15 is 4.39 Å². The smallest absolute Gasteiger partial charge is 0.262 e. The molecule has 0 aliphatic rings. The first-order valence-corrected chi connectivity index (χ1v) is 12.2. The van der Waals surface area contributed by atoms with Gasteiger partial charge in [0.15, 0.2) is 11.6 Å². The molecule has 0 saturated heterocycles. The normalized spacial score (nSPS) is 11.5. The van der Waals surface area contributed by atoms with Crippen LogP contribution in [0.3, 0.4) is 0 Å². The molecule has 5 aromatic rings. The lowest BCUT2D eigenvalue weighted by Gasteiger charge is -2.13. The van der Waals surface area contributed by atoms with Gasteiger partial charge in [0.25, 0.3) is 10.0 Å². The van der Waals surface area contributed by atoms with E-state index in [9.17, 15) is 17.6 Å². The summed E-state index contributed by atoms with van der Waals surface area (Å²) >= 11 is 6.14. The number of halogens is 3. The Bertz CT molecular complexity index is 1740. The minimum absolute atomic E-state index is 0.0621. The highest BCUT2D eigenvalue weighted by Gasteiger charge is 2.24. The second-order valence-electron chi connectivity index (χ2n) is 7.62. The van der Waals surface area contributed by atoms with Crippen LogP contribution < -0.4 is 4.72 Å². The molecular weight excluding hydrogens is 512 g/mol. The highest BCUT2D eigenvalue weighted by atomic mass is 35.5. The molecule has 0 bridgehead atoms. The number of benzene rings is 3. The number of aromatic nitrogens is 4. The number of carbonyl (C=O) groups is 1. The quantitative estimate of drug-likeness (QED) is 0.302. The number of fused-ring (bicyclic) bond motifs is 1. The Labute approximate surface area is 208 Å². The first-order valence-electron chi connectivity index (χ1n) is 10.3. The maximum absolute atomic E-state index is 15.4. The number of H-pyrrole nitrogens is 1. The van der Waals surface area contributed by atoms with Gasteiger partial charge in [-0.2, -0.15) is 5.10 Å². The van der Waals surface area contributed by atoms with Crippen molar-refractivity contribution >= 4 is 44.1 Å². The summed E-state index contributed by atoms with van der Waals surface area (Å²) in [6.07, 6.45) is 4.76. The molecule has 0 unspecified atom stereocenters. The molecule has 0 aliphatic carbocycles. The lowest BCUT2D eigenvalue weighted by Crippen LogP contribution is -2.16. The Kier molecular flexibility index (Phi) is 5.94. The second-order valence-corrected chi connectivity index (χ2v) is 9.71. The summed E-state index contributed by atoms with van der Waals surface area (Å²) < 4.78 is 56.2. The fraction of sp³-hybridized carbons (Fsp3) is 0. The highest BCUT2D eigenvalue weighted by Crippen LogP contribution is 2.30. The highest BCUT2D eigenvalue weighted by molar-refractivity contribution is 7.92. The topological polar surface area (TPSA) is 118 Å². The summed E-state index contributed by atoms with van der Waals surface area (Å²) in [5.74, 6) is -2.74. The van der Waals surface area contributed by atoms with Gasteiger partial charge in [-0.05, 0) is 48.5 Å². The van der Waals surface area contributed by atoms with E-state index in [0.717, 1.165) is 24.3 Å². The van der Waals surface area contributed by atoms with Crippen molar-refractivity contribution < 1.29 is 22.0 Å². The van der Waals surface area contributed by atoms with Crippen molar-refractivity contribution in [3.8, 4) is 11.3 Å². The zero-order valence-electron chi connectivity index (χ0n) is 18.0. The van der Waals surface area contributed by atoms with Crippen molar-refractivity contribution in [2.75, 3.05) is 4.72 Å². The third kappa shape index (κ3) is 4.41. The molecule has 0 aliphatic heterocycles. The zero-order chi connectivity index (χ0) is 25.4. The number of rotatable bonds is 6. The van der Waals surface area contributed by atoms with Crippen LogP contribution in [0.25, 0.3) is 22.3 Å². The third-order valence-electron chi connectivity index (χ3n) is 5.27. The van der Waals surface area contributed by atoms with E-state index < -0.39 is 43.6 Å². The Hall–Kier alpha value is -4.22. The molecule has 0 spiro atoms. The van der Waals surface area contributed by atoms with Crippen molar-refractivity contribution in [1.82, 2.24) is 20.2 Å². The van der Waals surface area contributed by atoms with Gasteiger partial charge < -0.3 is 0 Å². The molecule has 8 nitrogen and oxygen atoms in total. The number of nitrogens with one attached hydrogen (secondary N) is 2. The van der Waals surface area contributed by atoms with Crippen LogP contribution in [0.15, 0.2) is 78.1 Å². The number of nitrogens with zero attached hydrogens (tertiary/aromatic N) is 3. The molecule has 2 aromatic heterocycles. The van der Waals surface area contributed by atoms with E-state index in [0.29, 0.717) is 22.3 Å². The van der Waals surface area contributed by atoms with Gasteiger partial charge in [-0.3, -0.25) is 19.6 Å². The molecule has 180 valence electrons. The van der Waals surface area contributed by atoms with Crippen LogP contribution in [-0.4, -0.2) is 34.4 Å². The second kappa shape index (κ2) is 9.10. The fourth-order valence-corrected chi connectivity index (χ4v) is 4.83. The lowest BCUT2D eigenvalue weighted by atomic mass is 10.0. The van der Waals surface area contributed by atoms with Crippen LogP contribution in [0, 0.1) is 11.6 Å². The molecule has 2 N–H and O–H groups in total. The number of sulfonamides is 1. The molecule has 36 heavy (non-hydrogen) atoms. The maximum Gasteiger partial charge on any atom is 0.262 e. The van der Waals surface area contributed by atoms with E-state index in [1.54, 1.807) is 24.7 Å². The van der Waals surface area contributed by atoms with Crippen molar-refractivity contribution in [3.63, 3.8) is 0 Å². The van der Waals surface area contributed by atoms with Crippen LogP contribution >= 0.6 is 11.6 Å². The number of anilines is 1. The van der Waals surface area contributed by atoms with Gasteiger partial charge in [0, 0.05) is 17.3 Å². The molecule has 5 rings (SSSR count). The van der Waals surface area contributed by atoms with Gasteiger partial charge in [0.2, 0.25) is 0 Å². The van der Waals surface area contributed by atoms with Crippen LogP contribution in [0.1, 0.15) is 15.9 Å². The van der Waals surface area contributed by atoms with E-state index in [1.165, 1.54) is 24.3 Å². The summed E-state index contributed by atoms with van der Waals surface area (Å²) in [6, 6.07) is 10.9. The number of hydrogen-bond donors (Lipinski definition) is 2. The Morgan fingerprint density at radius 1 is 1.00 bits per heavy atom. The largest absolute Gasteiger partial charge is 0.288 e. The van der Waals surface area contributed by atoms with Crippen LogP contribution in [0.5, 0.6) is 0 Å². The van der Waals surface area contributed by atoms with Crippen LogP contribution in [0.2, 0.25) is 5.02 Å². The van der Waals surface area contributed by atoms with Gasteiger partial charge >= 0.3 is 0 Å². The van der Waals surface area contributed by atoms with Crippen molar-refractivity contribution in [3.05, 3.63) is 101 Å². The first-order chi connectivity index (χ1) is 17.2. The summed E-state index contributed by atoms with van der Waals surface area (Å²) in [4.78, 5) is 21.7. The average Bonchev–Trinajstić information content (AvgIpc) is 3.40. The van der Waals surface area contributed by atoms with Gasteiger partial charge in [0.05, 0.1) is 50.3 Å². The van der Waals surface area contributed by atoms with Crippen LogP contribution in [0.4, 0.5) is 14.5 Å². The summed E-state index contributed by atoms with van der Waals surface area (Å²) in [5, 5.41) is 6.33. The predicted octanol–water partition coefficient (Wildman–Crippen LogP) is 4.98. The lowest BCUT2D eigenvalue weighted by molar-refractivity contribution is 0.103. The third-order valence-corrected chi connectivity index (χ3v) is 6.95. The van der Waals surface area contributed by atoms with E-state index in [-0.39, 0.29) is 10.6 Å². The summed E-state index contributed by atoms with van der Waals surface area (Å²) in [7, 11) is -4.34. The molecule has 0 amide bonds. The Morgan fingerprint density at radius 2 is 1.83 bits per heavy atom. The summed E-state index contributed by atoms with van der Waals surface area (Å²) in [5.41, 5.74) is 1.09. The van der Waals surface area contributed by atoms with E-state index in [1.807, 2.05) is 4.72 Å². The average molecular weight is 526 g/mol. The van der Waals surface area contributed by atoms with E-state index in [2.05, 4.69) is 20.2 Å². The van der Waals surface area contributed by atoms with E-state index in [4.69, 9.17) is 11.6 Å².